The zero-order valence-corrected chi connectivity index (χ0v) is 12.9. The molecule has 0 saturated heterocycles. The van der Waals surface area contributed by atoms with Crippen molar-refractivity contribution >= 4 is 11.7 Å². The Balaban J connectivity index is 1.80. The number of benzene rings is 3. The topological polar surface area (TPSA) is 72.5 Å². The second kappa shape index (κ2) is 6.87. The molecule has 1 unspecified atom stereocenters. The van der Waals surface area contributed by atoms with Crippen molar-refractivity contribution in [2.45, 2.75) is 6.10 Å². The van der Waals surface area contributed by atoms with Gasteiger partial charge in [0.2, 0.25) is 6.10 Å². The molecule has 0 amide bonds. The van der Waals surface area contributed by atoms with Crippen molar-refractivity contribution < 1.29 is 14.6 Å². The normalized spacial score (nSPS) is 11.7. The lowest BCUT2D eigenvalue weighted by atomic mass is 10.1. The molecule has 0 aliphatic carbocycles. The standard InChI is InChI=1S/C20H17NO3/c21-17-10-6-14(7-11-17)15-8-12-18(13-9-15)24-19(20(22)23)16-4-2-1-3-5-16/h1-13,19H,21H2,(H,22,23). The summed E-state index contributed by atoms with van der Waals surface area (Å²) in [6.45, 7) is 0. The maximum atomic E-state index is 11.5. The minimum absolute atomic E-state index is 0.505. The molecule has 24 heavy (non-hydrogen) atoms. The molecule has 0 aromatic heterocycles. The summed E-state index contributed by atoms with van der Waals surface area (Å²) in [6, 6.07) is 23.8. The highest BCUT2D eigenvalue weighted by Crippen LogP contribution is 2.26. The van der Waals surface area contributed by atoms with Crippen LogP contribution in [0.4, 0.5) is 5.69 Å². The summed E-state index contributed by atoms with van der Waals surface area (Å²) in [5.74, 6) is -0.519. The summed E-state index contributed by atoms with van der Waals surface area (Å²) in [5.41, 5.74) is 9.05. The molecule has 0 spiro atoms. The van der Waals surface area contributed by atoms with E-state index in [1.807, 2.05) is 42.5 Å². The summed E-state index contributed by atoms with van der Waals surface area (Å²) in [6.07, 6.45) is -1.03. The number of carbonyl (C=O) groups is 1. The van der Waals surface area contributed by atoms with Gasteiger partial charge in [0.15, 0.2) is 0 Å². The fraction of sp³-hybridized carbons (Fsp3) is 0.0500. The number of aliphatic carboxylic acids is 1. The Morgan fingerprint density at radius 1 is 0.833 bits per heavy atom. The minimum Gasteiger partial charge on any atom is -0.478 e. The van der Waals surface area contributed by atoms with Gasteiger partial charge in [-0.1, -0.05) is 54.6 Å². The Kier molecular flexibility index (Phi) is 4.47. The molecule has 0 aliphatic heterocycles. The van der Waals surface area contributed by atoms with E-state index in [4.69, 9.17) is 10.5 Å². The van der Waals surface area contributed by atoms with E-state index in [0.717, 1.165) is 11.1 Å². The van der Waals surface area contributed by atoms with E-state index in [2.05, 4.69) is 0 Å². The van der Waals surface area contributed by atoms with Gasteiger partial charge >= 0.3 is 5.97 Å². The summed E-state index contributed by atoms with van der Waals surface area (Å²) in [4.78, 5) is 11.5. The van der Waals surface area contributed by atoms with Crippen molar-refractivity contribution in [3.8, 4) is 16.9 Å². The molecule has 0 saturated carbocycles. The molecule has 0 aliphatic rings. The minimum atomic E-state index is -1.03. The third-order valence-corrected chi connectivity index (χ3v) is 3.68. The summed E-state index contributed by atoms with van der Waals surface area (Å²) in [5, 5.41) is 9.41. The SMILES string of the molecule is Nc1ccc(-c2ccc(OC(C(=O)O)c3ccccc3)cc2)cc1. The zero-order valence-electron chi connectivity index (χ0n) is 12.9. The Hall–Kier alpha value is -3.27. The maximum absolute atomic E-state index is 11.5. The smallest absolute Gasteiger partial charge is 0.349 e. The van der Waals surface area contributed by atoms with Crippen LogP contribution in [0, 0.1) is 0 Å². The van der Waals surface area contributed by atoms with E-state index in [1.54, 1.807) is 36.4 Å². The molecule has 3 rings (SSSR count). The van der Waals surface area contributed by atoms with E-state index in [-0.39, 0.29) is 0 Å². The molecular weight excluding hydrogens is 302 g/mol. The fourth-order valence-corrected chi connectivity index (χ4v) is 2.43. The van der Waals surface area contributed by atoms with Crippen LogP contribution in [0.1, 0.15) is 11.7 Å². The van der Waals surface area contributed by atoms with Gasteiger partial charge in [-0.25, -0.2) is 4.79 Å². The Labute approximate surface area is 140 Å². The Bertz CT molecular complexity index is 812. The van der Waals surface area contributed by atoms with Gasteiger partial charge < -0.3 is 15.6 Å². The van der Waals surface area contributed by atoms with Gasteiger partial charge in [0, 0.05) is 11.3 Å². The fourth-order valence-electron chi connectivity index (χ4n) is 2.43. The van der Waals surface area contributed by atoms with Crippen LogP contribution in [-0.2, 0) is 4.79 Å². The molecule has 0 heterocycles. The van der Waals surface area contributed by atoms with E-state index in [9.17, 15) is 9.90 Å². The van der Waals surface area contributed by atoms with Crippen molar-refractivity contribution in [1.29, 1.82) is 0 Å². The molecular formula is C20H17NO3. The first-order chi connectivity index (χ1) is 11.6. The van der Waals surface area contributed by atoms with E-state index in [0.29, 0.717) is 17.0 Å². The van der Waals surface area contributed by atoms with Crippen molar-refractivity contribution in [3.05, 3.63) is 84.4 Å². The van der Waals surface area contributed by atoms with Crippen LogP contribution >= 0.6 is 0 Å². The quantitative estimate of drug-likeness (QED) is 0.693. The maximum Gasteiger partial charge on any atom is 0.349 e. The number of anilines is 1. The summed E-state index contributed by atoms with van der Waals surface area (Å²) < 4.78 is 5.65. The highest BCUT2D eigenvalue weighted by atomic mass is 16.5. The molecule has 1 atom stereocenters. The average Bonchev–Trinajstić information content (AvgIpc) is 2.61. The summed E-state index contributed by atoms with van der Waals surface area (Å²) in [7, 11) is 0. The highest BCUT2D eigenvalue weighted by Gasteiger charge is 2.21. The molecule has 0 radical (unpaired) electrons. The van der Waals surface area contributed by atoms with E-state index < -0.39 is 12.1 Å². The molecule has 0 bridgehead atoms. The van der Waals surface area contributed by atoms with Crippen LogP contribution in [-0.4, -0.2) is 11.1 Å². The van der Waals surface area contributed by atoms with Crippen molar-refractivity contribution in [2.75, 3.05) is 5.73 Å². The van der Waals surface area contributed by atoms with Gasteiger partial charge in [0.25, 0.3) is 0 Å². The monoisotopic (exact) mass is 319 g/mol. The third kappa shape index (κ3) is 3.55. The van der Waals surface area contributed by atoms with Crippen LogP contribution in [0.25, 0.3) is 11.1 Å². The molecule has 3 aromatic rings. The van der Waals surface area contributed by atoms with E-state index >= 15 is 0 Å². The largest absolute Gasteiger partial charge is 0.478 e. The molecule has 4 nitrogen and oxygen atoms in total. The lowest BCUT2D eigenvalue weighted by Crippen LogP contribution is -2.18. The molecule has 4 heteroatoms. The van der Waals surface area contributed by atoms with Gasteiger partial charge in [0.1, 0.15) is 5.75 Å². The number of hydrogen-bond donors (Lipinski definition) is 2. The highest BCUT2D eigenvalue weighted by molar-refractivity contribution is 5.75. The van der Waals surface area contributed by atoms with Crippen LogP contribution in [0.3, 0.4) is 0 Å². The van der Waals surface area contributed by atoms with Crippen LogP contribution in [0.15, 0.2) is 78.9 Å². The number of nitrogen functional groups attached to an aromatic ring is 1. The van der Waals surface area contributed by atoms with Crippen LogP contribution in [0.5, 0.6) is 5.75 Å². The van der Waals surface area contributed by atoms with Crippen LogP contribution in [0.2, 0.25) is 0 Å². The Morgan fingerprint density at radius 3 is 1.92 bits per heavy atom. The number of carboxylic acids is 1. The first-order valence-corrected chi connectivity index (χ1v) is 7.54. The predicted octanol–water partition coefficient (Wildman–Crippen LogP) is 4.14. The third-order valence-electron chi connectivity index (χ3n) is 3.68. The first-order valence-electron chi connectivity index (χ1n) is 7.54. The van der Waals surface area contributed by atoms with Gasteiger partial charge in [-0.3, -0.25) is 0 Å². The van der Waals surface area contributed by atoms with Gasteiger partial charge in [-0.2, -0.15) is 0 Å². The van der Waals surface area contributed by atoms with Gasteiger partial charge in [-0.15, -0.1) is 0 Å². The van der Waals surface area contributed by atoms with Crippen molar-refractivity contribution in [1.82, 2.24) is 0 Å². The molecule has 3 N–H and O–H groups in total. The second-order valence-corrected chi connectivity index (χ2v) is 5.39. The van der Waals surface area contributed by atoms with E-state index in [1.165, 1.54) is 0 Å². The number of carboxylic acid groups (broad SMARTS) is 1. The van der Waals surface area contributed by atoms with Crippen LogP contribution < -0.4 is 10.5 Å². The van der Waals surface area contributed by atoms with Gasteiger partial charge in [-0.05, 0) is 35.4 Å². The zero-order chi connectivity index (χ0) is 16.9. The lowest BCUT2D eigenvalue weighted by Gasteiger charge is -2.15. The number of rotatable bonds is 5. The summed E-state index contributed by atoms with van der Waals surface area (Å²) >= 11 is 0. The van der Waals surface area contributed by atoms with Crippen molar-refractivity contribution in [2.24, 2.45) is 0 Å². The Morgan fingerprint density at radius 2 is 1.38 bits per heavy atom. The number of nitrogens with two attached hydrogens (primary N) is 1. The molecule has 120 valence electrons. The molecule has 3 aromatic carbocycles. The molecule has 0 fully saturated rings. The number of ether oxygens (including phenoxy) is 1. The average molecular weight is 319 g/mol. The van der Waals surface area contributed by atoms with Crippen molar-refractivity contribution in [3.63, 3.8) is 0 Å². The first kappa shape index (κ1) is 15.6. The number of hydrogen-bond acceptors (Lipinski definition) is 3. The lowest BCUT2D eigenvalue weighted by molar-refractivity contribution is -0.145. The predicted molar refractivity (Wildman–Crippen MR) is 93.7 cm³/mol. The second-order valence-electron chi connectivity index (χ2n) is 5.39. The van der Waals surface area contributed by atoms with Gasteiger partial charge in [0.05, 0.1) is 0 Å².